The van der Waals surface area contributed by atoms with Gasteiger partial charge >= 0.3 is 5.97 Å². The van der Waals surface area contributed by atoms with E-state index in [1.165, 1.54) is 0 Å². The third-order valence-corrected chi connectivity index (χ3v) is 5.13. The van der Waals surface area contributed by atoms with Crippen LogP contribution in [-0.2, 0) is 33.6 Å². The second-order valence-electron chi connectivity index (χ2n) is 8.56. The Morgan fingerprint density at radius 3 is 1.59 bits per heavy atom. The second kappa shape index (κ2) is 21.3. The van der Waals surface area contributed by atoms with E-state index in [-0.39, 0.29) is 44.9 Å². The highest BCUT2D eigenvalue weighted by Gasteiger charge is 2.26. The second-order valence-corrected chi connectivity index (χ2v) is 8.56. The highest BCUT2D eigenvalue weighted by atomic mass is 16.4. The first-order chi connectivity index (χ1) is 19.4. The van der Waals surface area contributed by atoms with Gasteiger partial charge in [0, 0.05) is 6.54 Å². The number of carbonyl (C=O) groups is 7. The average molecular weight is 588 g/mol. The van der Waals surface area contributed by atoms with E-state index < -0.39 is 73.1 Å². The van der Waals surface area contributed by atoms with Crippen molar-refractivity contribution in [3.05, 3.63) is 0 Å². The summed E-state index contributed by atoms with van der Waals surface area (Å²) in [5.74, 6) is -5.51. The Morgan fingerprint density at radius 2 is 1.12 bits per heavy atom. The van der Waals surface area contributed by atoms with Crippen LogP contribution in [0.1, 0.15) is 32.1 Å². The molecule has 0 radical (unpaired) electrons. The Kier molecular flexibility index (Phi) is 19.0. The molecular formula is C22H41N11O8. The van der Waals surface area contributed by atoms with Gasteiger partial charge in [-0.05, 0) is 38.6 Å². The third-order valence-electron chi connectivity index (χ3n) is 5.13. The van der Waals surface area contributed by atoms with Crippen LogP contribution in [0.5, 0.6) is 0 Å². The van der Waals surface area contributed by atoms with Gasteiger partial charge in [-0.25, -0.2) is 4.79 Å². The molecule has 232 valence electrons. The van der Waals surface area contributed by atoms with Crippen molar-refractivity contribution in [2.75, 3.05) is 45.8 Å². The Bertz CT molecular complexity index is 940. The van der Waals surface area contributed by atoms with Gasteiger partial charge in [0.2, 0.25) is 35.4 Å². The number of rotatable bonds is 21. The molecule has 0 aromatic rings. The van der Waals surface area contributed by atoms with Gasteiger partial charge in [-0.15, -0.1) is 0 Å². The molecule has 0 saturated carbocycles. The van der Waals surface area contributed by atoms with E-state index in [2.05, 4.69) is 36.9 Å². The third kappa shape index (κ3) is 19.2. The van der Waals surface area contributed by atoms with Crippen LogP contribution in [0, 0.1) is 0 Å². The SMILES string of the molecule is NCCCCC(NC(=O)CNC(=O)CNC(=O)CNC(=O)CNC(=O)CN)C(=O)NC(CCCN=C(N)N)C(=O)O. The summed E-state index contributed by atoms with van der Waals surface area (Å²) in [6.45, 7) is -1.66. The van der Waals surface area contributed by atoms with Gasteiger partial charge in [-0.2, -0.15) is 0 Å². The molecule has 2 atom stereocenters. The van der Waals surface area contributed by atoms with Crippen LogP contribution >= 0.6 is 0 Å². The summed E-state index contributed by atoms with van der Waals surface area (Å²) in [6.07, 6.45) is 1.50. The number of aliphatic imine (C=N–C) groups is 1. The summed E-state index contributed by atoms with van der Waals surface area (Å²) in [6, 6.07) is -2.34. The summed E-state index contributed by atoms with van der Waals surface area (Å²) in [5.41, 5.74) is 21.0. The average Bonchev–Trinajstić information content (AvgIpc) is 2.93. The van der Waals surface area contributed by atoms with Crippen molar-refractivity contribution in [2.24, 2.45) is 27.9 Å². The number of nitrogens with two attached hydrogens (primary N) is 4. The first kappa shape index (κ1) is 36.5. The molecule has 0 spiro atoms. The smallest absolute Gasteiger partial charge is 0.326 e. The maximum absolute atomic E-state index is 12.8. The van der Waals surface area contributed by atoms with Gasteiger partial charge in [0.25, 0.3) is 0 Å². The van der Waals surface area contributed by atoms with Crippen LogP contribution < -0.4 is 54.8 Å². The molecular weight excluding hydrogens is 546 g/mol. The van der Waals surface area contributed by atoms with E-state index in [0.29, 0.717) is 19.4 Å². The zero-order valence-electron chi connectivity index (χ0n) is 22.7. The Morgan fingerprint density at radius 1 is 0.634 bits per heavy atom. The number of hydrogen-bond donors (Lipinski definition) is 11. The predicted molar refractivity (Wildman–Crippen MR) is 145 cm³/mol. The van der Waals surface area contributed by atoms with Crippen molar-refractivity contribution >= 4 is 47.4 Å². The number of carbonyl (C=O) groups excluding carboxylic acids is 6. The number of hydrogen-bond acceptors (Lipinski definition) is 10. The molecule has 0 rings (SSSR count). The molecule has 0 aliphatic heterocycles. The van der Waals surface area contributed by atoms with E-state index >= 15 is 0 Å². The molecule has 0 aliphatic carbocycles. The minimum absolute atomic E-state index is 0.0393. The van der Waals surface area contributed by atoms with E-state index in [0.717, 1.165) is 0 Å². The number of carboxylic acids is 1. The molecule has 0 bridgehead atoms. The monoisotopic (exact) mass is 587 g/mol. The highest BCUT2D eigenvalue weighted by molar-refractivity contribution is 5.93. The predicted octanol–water partition coefficient (Wildman–Crippen LogP) is -6.35. The fraction of sp³-hybridized carbons (Fsp3) is 0.636. The Hall–Kier alpha value is -4.52. The lowest BCUT2D eigenvalue weighted by atomic mass is 10.1. The molecule has 0 aliphatic rings. The van der Waals surface area contributed by atoms with Crippen LogP contribution in [0.3, 0.4) is 0 Å². The fourth-order valence-electron chi connectivity index (χ4n) is 3.02. The largest absolute Gasteiger partial charge is 0.480 e. The first-order valence-electron chi connectivity index (χ1n) is 12.7. The molecule has 15 N–H and O–H groups in total. The van der Waals surface area contributed by atoms with E-state index in [4.69, 9.17) is 22.9 Å². The minimum atomic E-state index is -1.28. The lowest BCUT2D eigenvalue weighted by Gasteiger charge is -2.21. The maximum Gasteiger partial charge on any atom is 0.326 e. The molecule has 6 amide bonds. The molecule has 19 nitrogen and oxygen atoms in total. The van der Waals surface area contributed by atoms with E-state index in [9.17, 15) is 38.7 Å². The Labute approximate surface area is 236 Å². The van der Waals surface area contributed by atoms with Crippen molar-refractivity contribution in [1.82, 2.24) is 31.9 Å². The molecule has 19 heteroatoms. The van der Waals surface area contributed by atoms with Gasteiger partial charge in [-0.1, -0.05) is 0 Å². The molecule has 0 fully saturated rings. The zero-order chi connectivity index (χ0) is 31.2. The fourth-order valence-corrected chi connectivity index (χ4v) is 3.02. The number of carboxylic acid groups (broad SMARTS) is 1. The summed E-state index contributed by atoms with van der Waals surface area (Å²) >= 11 is 0. The summed E-state index contributed by atoms with van der Waals surface area (Å²) in [4.78, 5) is 86.8. The Balaban J connectivity index is 4.70. The van der Waals surface area contributed by atoms with Gasteiger partial charge in [0.1, 0.15) is 12.1 Å². The topological polar surface area (TPSA) is 328 Å². The lowest BCUT2D eigenvalue weighted by Crippen LogP contribution is -2.53. The molecule has 2 unspecified atom stereocenters. The van der Waals surface area contributed by atoms with Crippen molar-refractivity contribution in [3.63, 3.8) is 0 Å². The minimum Gasteiger partial charge on any atom is -0.480 e. The summed E-state index contributed by atoms with van der Waals surface area (Å²) in [7, 11) is 0. The van der Waals surface area contributed by atoms with Crippen LogP contribution in [0.25, 0.3) is 0 Å². The first-order valence-corrected chi connectivity index (χ1v) is 12.7. The van der Waals surface area contributed by atoms with Crippen molar-refractivity contribution in [1.29, 1.82) is 0 Å². The van der Waals surface area contributed by atoms with Crippen LogP contribution in [0.4, 0.5) is 0 Å². The number of guanidine groups is 1. The number of amides is 6. The van der Waals surface area contributed by atoms with E-state index in [1.54, 1.807) is 0 Å². The van der Waals surface area contributed by atoms with Gasteiger partial charge in [-0.3, -0.25) is 33.8 Å². The summed E-state index contributed by atoms with van der Waals surface area (Å²) < 4.78 is 0. The lowest BCUT2D eigenvalue weighted by molar-refractivity contribution is -0.142. The van der Waals surface area contributed by atoms with Gasteiger partial charge < -0.3 is 59.9 Å². The molecule has 0 heterocycles. The molecule has 0 saturated heterocycles. The van der Waals surface area contributed by atoms with Crippen molar-refractivity contribution in [3.8, 4) is 0 Å². The van der Waals surface area contributed by atoms with E-state index in [1.807, 2.05) is 0 Å². The molecule has 41 heavy (non-hydrogen) atoms. The van der Waals surface area contributed by atoms with Crippen molar-refractivity contribution < 1.29 is 38.7 Å². The van der Waals surface area contributed by atoms with Crippen LogP contribution in [-0.4, -0.2) is 110 Å². The quantitative estimate of drug-likeness (QED) is 0.0339. The highest BCUT2D eigenvalue weighted by Crippen LogP contribution is 2.04. The normalized spacial score (nSPS) is 11.7. The number of nitrogens with one attached hydrogen (secondary N) is 6. The number of aliphatic carboxylic acids is 1. The van der Waals surface area contributed by atoms with Crippen LogP contribution in [0.2, 0.25) is 0 Å². The summed E-state index contributed by atoms with van der Waals surface area (Å²) in [5, 5.41) is 23.2. The van der Waals surface area contributed by atoms with Gasteiger partial charge in [0.05, 0.1) is 32.7 Å². The molecule has 0 aromatic carbocycles. The number of nitrogens with zero attached hydrogens (tertiary/aromatic N) is 1. The molecule has 0 aromatic heterocycles. The van der Waals surface area contributed by atoms with Crippen molar-refractivity contribution in [2.45, 2.75) is 44.2 Å². The zero-order valence-corrected chi connectivity index (χ0v) is 22.7. The maximum atomic E-state index is 12.8. The standard InChI is InChI=1S/C22H41N11O8/c23-6-2-1-4-13(20(39)33-14(21(40)41)5-3-7-27-22(25)26)32-19(38)12-31-18(37)11-30-17(36)10-29-16(35)9-28-15(34)8-24/h13-14H,1-12,23-24H2,(H,28,34)(H,29,35)(H,30,36)(H,31,37)(H,32,38)(H,33,39)(H,40,41)(H4,25,26,27). The van der Waals surface area contributed by atoms with Gasteiger partial charge in [0.15, 0.2) is 5.96 Å². The number of unbranched alkanes of at least 4 members (excludes halogenated alkanes) is 1. The van der Waals surface area contributed by atoms with Crippen LogP contribution in [0.15, 0.2) is 4.99 Å².